The first-order chi connectivity index (χ1) is 11.3. The van der Waals surface area contributed by atoms with Gasteiger partial charge in [0.1, 0.15) is 0 Å². The maximum atomic E-state index is 12.4. The third-order valence-electron chi connectivity index (χ3n) is 9.59. The molecule has 3 heteroatoms. The number of aliphatic hydroxyl groups is 1. The standard InChI is InChI=1S/C21H32O3/c1-12(22)21-18(24-21)11-17-15-5-4-13-10-14(23)6-8-19(13,2)16(15)7-9-20(17,21)3/h13-18,23H,4-11H2,1-3H3/t13-,14+,15+,16-,17+,18+,19-,20-,21+/m0/s1. The van der Waals surface area contributed by atoms with Crippen LogP contribution in [0.3, 0.4) is 0 Å². The van der Waals surface area contributed by atoms with Gasteiger partial charge in [0.25, 0.3) is 0 Å². The zero-order valence-corrected chi connectivity index (χ0v) is 15.4. The number of hydrogen-bond acceptors (Lipinski definition) is 3. The molecule has 0 aromatic carbocycles. The van der Waals surface area contributed by atoms with E-state index in [9.17, 15) is 9.90 Å². The minimum atomic E-state index is -0.427. The SMILES string of the molecule is CC(=O)[C@@]12O[C@@H]1C[C@@H]1[C@@H]3CC[C@H]4C[C@H](O)CC[C@]4(C)[C@H]3CC[C@@]12C. The highest BCUT2D eigenvalue weighted by Gasteiger charge is 2.79. The lowest BCUT2D eigenvalue weighted by Gasteiger charge is -2.61. The van der Waals surface area contributed by atoms with E-state index in [1.54, 1.807) is 6.92 Å². The molecule has 0 aromatic heterocycles. The number of epoxide rings is 1. The maximum Gasteiger partial charge on any atom is 0.164 e. The topological polar surface area (TPSA) is 49.8 Å². The molecule has 0 unspecified atom stereocenters. The minimum Gasteiger partial charge on any atom is -0.393 e. The summed E-state index contributed by atoms with van der Waals surface area (Å²) in [7, 11) is 0. The van der Waals surface area contributed by atoms with E-state index in [2.05, 4.69) is 13.8 Å². The average Bonchev–Trinajstić information content (AvgIpc) is 3.21. The Hall–Kier alpha value is -0.410. The van der Waals surface area contributed by atoms with Crippen molar-refractivity contribution in [3.05, 3.63) is 0 Å². The van der Waals surface area contributed by atoms with Gasteiger partial charge in [0.15, 0.2) is 11.4 Å². The van der Waals surface area contributed by atoms with Gasteiger partial charge in [0.05, 0.1) is 12.2 Å². The van der Waals surface area contributed by atoms with Gasteiger partial charge in [-0.1, -0.05) is 13.8 Å². The quantitative estimate of drug-likeness (QED) is 0.745. The fraction of sp³-hybridized carbons (Fsp3) is 0.952. The molecule has 1 N–H and O–H groups in total. The van der Waals surface area contributed by atoms with Crippen molar-refractivity contribution in [2.75, 3.05) is 0 Å². The van der Waals surface area contributed by atoms with E-state index in [0.29, 0.717) is 17.3 Å². The summed E-state index contributed by atoms with van der Waals surface area (Å²) >= 11 is 0. The first-order valence-corrected chi connectivity index (χ1v) is 10.2. The second kappa shape index (κ2) is 4.65. The molecule has 0 spiro atoms. The summed E-state index contributed by atoms with van der Waals surface area (Å²) in [6, 6.07) is 0. The Kier molecular flexibility index (Phi) is 3.06. The van der Waals surface area contributed by atoms with Crippen molar-refractivity contribution in [1.29, 1.82) is 0 Å². The second-order valence-corrected chi connectivity index (χ2v) is 10.2. The van der Waals surface area contributed by atoms with Crippen LogP contribution in [-0.2, 0) is 9.53 Å². The van der Waals surface area contributed by atoms with Crippen LogP contribution < -0.4 is 0 Å². The zero-order chi connectivity index (χ0) is 16.9. The lowest BCUT2D eigenvalue weighted by Crippen LogP contribution is -2.56. The van der Waals surface area contributed by atoms with Crippen molar-refractivity contribution in [2.24, 2.45) is 34.5 Å². The monoisotopic (exact) mass is 332 g/mol. The van der Waals surface area contributed by atoms with Gasteiger partial charge in [-0.15, -0.1) is 0 Å². The fourth-order valence-corrected chi connectivity index (χ4v) is 8.30. The van der Waals surface area contributed by atoms with Crippen LogP contribution in [0.5, 0.6) is 0 Å². The van der Waals surface area contributed by atoms with Crippen molar-refractivity contribution in [1.82, 2.24) is 0 Å². The fourth-order valence-electron chi connectivity index (χ4n) is 8.30. The first kappa shape index (κ1) is 15.8. The minimum absolute atomic E-state index is 0.0676. The smallest absolute Gasteiger partial charge is 0.164 e. The van der Waals surface area contributed by atoms with Crippen LogP contribution in [0, 0.1) is 34.5 Å². The summed E-state index contributed by atoms with van der Waals surface area (Å²) in [5.41, 5.74) is 0.0612. The maximum absolute atomic E-state index is 12.4. The van der Waals surface area contributed by atoms with Crippen molar-refractivity contribution in [3.8, 4) is 0 Å². The number of rotatable bonds is 1. The van der Waals surface area contributed by atoms with Crippen LogP contribution in [0.1, 0.15) is 72.1 Å². The van der Waals surface area contributed by atoms with Gasteiger partial charge in [-0.05, 0) is 87.4 Å². The average molecular weight is 332 g/mol. The predicted octanol–water partition coefficient (Wildman–Crippen LogP) is 3.73. The second-order valence-electron chi connectivity index (χ2n) is 10.2. The molecule has 134 valence electrons. The molecular formula is C21H32O3. The van der Waals surface area contributed by atoms with Crippen LogP contribution in [0.15, 0.2) is 0 Å². The first-order valence-electron chi connectivity index (χ1n) is 10.2. The van der Waals surface area contributed by atoms with Gasteiger partial charge in [-0.3, -0.25) is 4.79 Å². The van der Waals surface area contributed by atoms with Gasteiger partial charge >= 0.3 is 0 Å². The molecule has 0 bridgehead atoms. The molecule has 5 aliphatic rings. The van der Waals surface area contributed by atoms with Crippen molar-refractivity contribution in [2.45, 2.75) is 89.9 Å². The Morgan fingerprint density at radius 2 is 1.83 bits per heavy atom. The number of carbonyl (C=O) groups excluding carboxylic acids is 1. The third kappa shape index (κ3) is 1.65. The Labute approximate surface area is 145 Å². The van der Waals surface area contributed by atoms with Crippen LogP contribution in [0.2, 0.25) is 0 Å². The summed E-state index contributed by atoms with van der Waals surface area (Å²) in [6.45, 7) is 6.64. The molecule has 24 heavy (non-hydrogen) atoms. The summed E-state index contributed by atoms with van der Waals surface area (Å²) in [6.07, 6.45) is 9.45. The highest BCUT2D eigenvalue weighted by atomic mass is 16.6. The van der Waals surface area contributed by atoms with Crippen LogP contribution in [0.4, 0.5) is 0 Å². The van der Waals surface area contributed by atoms with Gasteiger partial charge in [-0.2, -0.15) is 0 Å². The Bertz CT molecular complexity index is 588. The molecule has 5 rings (SSSR count). The lowest BCUT2D eigenvalue weighted by molar-refractivity contribution is -0.151. The molecule has 0 aromatic rings. The van der Waals surface area contributed by atoms with Gasteiger partial charge in [-0.25, -0.2) is 0 Å². The largest absolute Gasteiger partial charge is 0.393 e. The van der Waals surface area contributed by atoms with E-state index in [-0.39, 0.29) is 23.4 Å². The summed E-state index contributed by atoms with van der Waals surface area (Å²) in [4.78, 5) is 12.4. The lowest BCUT2D eigenvalue weighted by atomic mass is 9.44. The van der Waals surface area contributed by atoms with Gasteiger partial charge < -0.3 is 9.84 Å². The molecule has 1 saturated heterocycles. The molecule has 4 saturated carbocycles. The molecule has 5 fully saturated rings. The number of hydrogen-bond donors (Lipinski definition) is 1. The molecule has 4 aliphatic carbocycles. The van der Waals surface area contributed by atoms with E-state index in [4.69, 9.17) is 4.74 Å². The van der Waals surface area contributed by atoms with E-state index in [0.717, 1.165) is 37.5 Å². The summed E-state index contributed by atoms with van der Waals surface area (Å²) in [5, 5.41) is 10.1. The summed E-state index contributed by atoms with van der Waals surface area (Å²) in [5.74, 6) is 3.22. The number of carbonyl (C=O) groups is 1. The number of ketones is 1. The zero-order valence-electron chi connectivity index (χ0n) is 15.4. The van der Waals surface area contributed by atoms with Crippen LogP contribution >= 0.6 is 0 Å². The molecule has 1 heterocycles. The molecule has 9 atom stereocenters. The number of ether oxygens (including phenoxy) is 1. The van der Waals surface area contributed by atoms with E-state index in [1.807, 2.05) is 0 Å². The Morgan fingerprint density at radius 3 is 2.58 bits per heavy atom. The van der Waals surface area contributed by atoms with Gasteiger partial charge in [0.2, 0.25) is 0 Å². The molecule has 1 aliphatic heterocycles. The number of Topliss-reactive ketones (excluding diaryl/α,β-unsaturated/α-hetero) is 1. The highest BCUT2D eigenvalue weighted by molar-refractivity contribution is 5.90. The Balaban J connectivity index is 1.47. The van der Waals surface area contributed by atoms with E-state index < -0.39 is 5.60 Å². The molecule has 0 radical (unpaired) electrons. The van der Waals surface area contributed by atoms with Crippen LogP contribution in [-0.4, -0.2) is 28.7 Å². The predicted molar refractivity (Wildman–Crippen MR) is 91.4 cm³/mol. The van der Waals surface area contributed by atoms with Crippen molar-refractivity contribution in [3.63, 3.8) is 0 Å². The van der Waals surface area contributed by atoms with Gasteiger partial charge in [0, 0.05) is 5.41 Å². The van der Waals surface area contributed by atoms with Crippen molar-refractivity contribution < 1.29 is 14.6 Å². The normalized spacial score (nSPS) is 61.3. The third-order valence-corrected chi connectivity index (χ3v) is 9.59. The summed E-state index contributed by atoms with van der Waals surface area (Å²) < 4.78 is 6.02. The molecular weight excluding hydrogens is 300 g/mol. The van der Waals surface area contributed by atoms with Crippen LogP contribution in [0.25, 0.3) is 0 Å². The molecule has 0 amide bonds. The number of fused-ring (bicyclic) bond motifs is 7. The van der Waals surface area contributed by atoms with E-state index >= 15 is 0 Å². The Morgan fingerprint density at radius 1 is 1.04 bits per heavy atom. The van der Waals surface area contributed by atoms with Crippen molar-refractivity contribution >= 4 is 5.78 Å². The highest BCUT2D eigenvalue weighted by Crippen LogP contribution is 2.73. The number of aliphatic hydroxyl groups excluding tert-OH is 1. The molecule has 3 nitrogen and oxygen atoms in total. The van der Waals surface area contributed by atoms with E-state index in [1.165, 1.54) is 25.7 Å².